The van der Waals surface area contributed by atoms with E-state index in [1.54, 1.807) is 7.05 Å². The molecule has 1 atom stereocenters. The lowest BCUT2D eigenvalue weighted by Crippen LogP contribution is -2.33. The van der Waals surface area contributed by atoms with Crippen molar-refractivity contribution in [3.05, 3.63) is 0 Å². The van der Waals surface area contributed by atoms with E-state index >= 15 is 0 Å². The van der Waals surface area contributed by atoms with E-state index in [0.717, 1.165) is 0 Å². The fraction of sp³-hybridized carbons (Fsp3) is 0.667. The number of aliphatic carboxylic acids is 1. The van der Waals surface area contributed by atoms with Crippen LogP contribution in [0.2, 0.25) is 6.32 Å². The van der Waals surface area contributed by atoms with E-state index in [4.69, 9.17) is 5.11 Å². The SMILES string of the molecule is CN[C@@H](CC[B]C=O)C(=O)O. The molecule has 0 heterocycles. The molecule has 11 heavy (non-hydrogen) atoms. The van der Waals surface area contributed by atoms with Crippen molar-refractivity contribution in [2.24, 2.45) is 0 Å². The Kier molecular flexibility index (Phi) is 5.46. The van der Waals surface area contributed by atoms with Gasteiger partial charge < -0.3 is 15.2 Å². The average Bonchev–Trinajstić information content (AvgIpc) is 1.97. The zero-order chi connectivity index (χ0) is 8.69. The second-order valence-electron chi connectivity index (χ2n) is 2.13. The monoisotopic (exact) mass is 156 g/mol. The summed E-state index contributed by atoms with van der Waals surface area (Å²) in [5, 5.41) is 11.1. The van der Waals surface area contributed by atoms with Crippen molar-refractivity contribution in [1.82, 2.24) is 5.32 Å². The van der Waals surface area contributed by atoms with Crippen molar-refractivity contribution in [3.8, 4) is 0 Å². The topological polar surface area (TPSA) is 66.4 Å². The van der Waals surface area contributed by atoms with Crippen LogP contribution in [0.4, 0.5) is 0 Å². The number of rotatable bonds is 6. The maximum absolute atomic E-state index is 10.4. The van der Waals surface area contributed by atoms with E-state index in [9.17, 15) is 9.59 Å². The highest BCUT2D eigenvalue weighted by Crippen LogP contribution is 1.95. The van der Waals surface area contributed by atoms with Crippen molar-refractivity contribution in [2.45, 2.75) is 18.8 Å². The van der Waals surface area contributed by atoms with Crippen molar-refractivity contribution in [3.63, 3.8) is 0 Å². The summed E-state index contributed by atoms with van der Waals surface area (Å²) in [6.45, 7) is 0. The Hall–Kier alpha value is -0.835. The number of carboxylic acid groups (broad SMARTS) is 1. The van der Waals surface area contributed by atoms with Crippen LogP contribution in [0.15, 0.2) is 0 Å². The van der Waals surface area contributed by atoms with Gasteiger partial charge in [0, 0.05) is 0 Å². The van der Waals surface area contributed by atoms with Gasteiger partial charge in [0.1, 0.15) is 6.04 Å². The molecule has 5 heteroatoms. The molecule has 0 fully saturated rings. The van der Waals surface area contributed by atoms with Crippen LogP contribution >= 0.6 is 0 Å². The summed E-state index contributed by atoms with van der Waals surface area (Å²) >= 11 is 0. The molecule has 0 aliphatic rings. The second kappa shape index (κ2) is 5.91. The minimum atomic E-state index is -0.883. The van der Waals surface area contributed by atoms with E-state index in [1.807, 2.05) is 0 Å². The molecular weight excluding hydrogens is 145 g/mol. The van der Waals surface area contributed by atoms with Gasteiger partial charge in [-0.1, -0.05) is 6.32 Å². The van der Waals surface area contributed by atoms with Gasteiger partial charge in [-0.3, -0.25) is 4.79 Å². The molecule has 2 N–H and O–H groups in total. The Morgan fingerprint density at radius 3 is 2.82 bits per heavy atom. The Labute approximate surface area is 66.2 Å². The van der Waals surface area contributed by atoms with E-state index in [1.165, 1.54) is 7.28 Å². The van der Waals surface area contributed by atoms with Crippen LogP contribution in [0.25, 0.3) is 0 Å². The minimum absolute atomic E-state index is 0.449. The van der Waals surface area contributed by atoms with Crippen LogP contribution in [0.1, 0.15) is 6.42 Å². The zero-order valence-electron chi connectivity index (χ0n) is 6.41. The second-order valence-corrected chi connectivity index (χ2v) is 2.13. The van der Waals surface area contributed by atoms with Crippen LogP contribution in [0, 0.1) is 0 Å². The standard InChI is InChI=1S/C6H11BNO3/c1-8-5(6(10)11)2-3-7-4-9/h4-5,8H,2-3H2,1H3,(H,10,11)/t5-/m0/s1. The third-order valence-corrected chi connectivity index (χ3v) is 1.36. The highest BCUT2D eigenvalue weighted by atomic mass is 16.4. The third-order valence-electron chi connectivity index (χ3n) is 1.36. The molecule has 0 saturated carbocycles. The molecule has 0 aromatic heterocycles. The van der Waals surface area contributed by atoms with E-state index in [0.29, 0.717) is 18.9 Å². The highest BCUT2D eigenvalue weighted by molar-refractivity contribution is 6.66. The molecule has 0 aromatic carbocycles. The van der Waals surface area contributed by atoms with Gasteiger partial charge >= 0.3 is 5.97 Å². The van der Waals surface area contributed by atoms with E-state index in [-0.39, 0.29) is 0 Å². The Balaban J connectivity index is 3.52. The van der Waals surface area contributed by atoms with Crippen molar-refractivity contribution in [1.29, 1.82) is 0 Å². The smallest absolute Gasteiger partial charge is 0.320 e. The molecule has 61 valence electrons. The molecule has 0 aliphatic heterocycles. The predicted molar refractivity (Wildman–Crippen MR) is 42.4 cm³/mol. The number of hydrogen-bond donors (Lipinski definition) is 2. The summed E-state index contributed by atoms with van der Waals surface area (Å²) in [7, 11) is 2.99. The van der Waals surface area contributed by atoms with Gasteiger partial charge in [-0.15, -0.1) is 0 Å². The molecule has 0 unspecified atom stereocenters. The van der Waals surface area contributed by atoms with Gasteiger partial charge in [-0.2, -0.15) is 0 Å². The lowest BCUT2D eigenvalue weighted by Gasteiger charge is -2.08. The molecule has 0 spiro atoms. The fourth-order valence-corrected chi connectivity index (χ4v) is 0.722. The minimum Gasteiger partial charge on any atom is -0.480 e. The van der Waals surface area contributed by atoms with Gasteiger partial charge in [0.15, 0.2) is 7.28 Å². The molecular formula is C6H11BNO3. The maximum Gasteiger partial charge on any atom is 0.320 e. The summed E-state index contributed by atoms with van der Waals surface area (Å²) in [5.74, 6) is -0.883. The normalized spacial score (nSPS) is 12.1. The lowest BCUT2D eigenvalue weighted by atomic mass is 9.75. The van der Waals surface area contributed by atoms with Crippen molar-refractivity contribution in [2.75, 3.05) is 7.05 Å². The first-order chi connectivity index (χ1) is 5.22. The van der Waals surface area contributed by atoms with E-state index < -0.39 is 12.0 Å². The van der Waals surface area contributed by atoms with E-state index in [2.05, 4.69) is 5.32 Å². The van der Waals surface area contributed by atoms with Crippen molar-refractivity contribution < 1.29 is 14.7 Å². The molecule has 0 aromatic rings. The van der Waals surface area contributed by atoms with Crippen LogP contribution in [-0.4, -0.2) is 37.6 Å². The largest absolute Gasteiger partial charge is 0.480 e. The summed E-state index contributed by atoms with van der Waals surface area (Å²) < 4.78 is 0. The summed E-state index contributed by atoms with van der Waals surface area (Å²) in [6, 6.07) is -0.550. The van der Waals surface area contributed by atoms with Crippen LogP contribution in [0.5, 0.6) is 0 Å². The number of nitrogens with one attached hydrogen (secondary N) is 1. The number of carbonyl (C=O) groups is 2. The number of carbonyl (C=O) groups excluding carboxylic acids is 1. The van der Waals surface area contributed by atoms with Crippen LogP contribution in [-0.2, 0) is 9.59 Å². The zero-order valence-corrected chi connectivity index (χ0v) is 6.41. The molecule has 1 radical (unpaired) electrons. The first kappa shape index (κ1) is 10.2. The van der Waals surface area contributed by atoms with Crippen LogP contribution < -0.4 is 5.32 Å². The fourth-order valence-electron chi connectivity index (χ4n) is 0.722. The average molecular weight is 156 g/mol. The molecule has 0 bridgehead atoms. The highest BCUT2D eigenvalue weighted by Gasteiger charge is 2.13. The Morgan fingerprint density at radius 1 is 1.82 bits per heavy atom. The molecule has 0 rings (SSSR count). The van der Waals surface area contributed by atoms with Crippen LogP contribution in [0.3, 0.4) is 0 Å². The number of hydrogen-bond acceptors (Lipinski definition) is 3. The van der Waals surface area contributed by atoms with Gasteiger partial charge in [0.05, 0.1) is 6.19 Å². The van der Waals surface area contributed by atoms with Crippen molar-refractivity contribution >= 4 is 19.4 Å². The molecule has 0 amide bonds. The Morgan fingerprint density at radius 2 is 2.45 bits per heavy atom. The molecule has 4 nitrogen and oxygen atoms in total. The lowest BCUT2D eigenvalue weighted by molar-refractivity contribution is -0.139. The predicted octanol–water partition coefficient (Wildman–Crippen LogP) is -0.638. The summed E-state index contributed by atoms with van der Waals surface area (Å²) in [5.41, 5.74) is 0. The number of carboxylic acids is 1. The summed E-state index contributed by atoms with van der Waals surface area (Å²) in [6.07, 6.45) is 1.63. The third kappa shape index (κ3) is 4.55. The van der Waals surface area contributed by atoms with Gasteiger partial charge in [0.2, 0.25) is 0 Å². The van der Waals surface area contributed by atoms with Gasteiger partial charge in [-0.25, -0.2) is 0 Å². The number of likely N-dealkylation sites (N-methyl/N-ethyl adjacent to an activating group) is 1. The molecule has 0 aliphatic carbocycles. The first-order valence-electron chi connectivity index (χ1n) is 3.39. The first-order valence-corrected chi connectivity index (χ1v) is 3.39. The maximum atomic E-state index is 10.4. The quantitative estimate of drug-likeness (QED) is 0.305. The Bertz CT molecular complexity index is 140. The molecule has 0 saturated heterocycles. The van der Waals surface area contributed by atoms with Gasteiger partial charge in [-0.05, 0) is 13.5 Å². The summed E-state index contributed by atoms with van der Waals surface area (Å²) in [4.78, 5) is 20.2. The van der Waals surface area contributed by atoms with Gasteiger partial charge in [0.25, 0.3) is 0 Å².